The Kier molecular flexibility index (Phi) is 4.25. The van der Waals surface area contributed by atoms with Gasteiger partial charge in [-0.2, -0.15) is 0 Å². The van der Waals surface area contributed by atoms with Crippen LogP contribution in [-0.2, 0) is 4.79 Å². The number of benzene rings is 1. The number of amides is 1. The number of carbonyl (C=O) groups is 1. The van der Waals surface area contributed by atoms with E-state index in [0.717, 1.165) is 25.9 Å². The average Bonchev–Trinajstić information content (AvgIpc) is 2.86. The van der Waals surface area contributed by atoms with Gasteiger partial charge in [0.05, 0.1) is 0 Å². The first kappa shape index (κ1) is 14.1. The van der Waals surface area contributed by atoms with Crippen molar-refractivity contribution < 1.29 is 4.79 Å². The molecule has 1 aliphatic heterocycles. The molecule has 0 radical (unpaired) electrons. The molecule has 104 valence electrons. The largest absolute Gasteiger partial charge is 0.342 e. The first-order chi connectivity index (χ1) is 8.96. The Morgan fingerprint density at radius 3 is 2.68 bits per heavy atom. The minimum Gasteiger partial charge on any atom is -0.342 e. The zero-order chi connectivity index (χ0) is 13.9. The molecule has 1 amide bonds. The molecule has 1 aromatic carbocycles. The van der Waals surface area contributed by atoms with Gasteiger partial charge >= 0.3 is 0 Å². The Morgan fingerprint density at radius 1 is 1.37 bits per heavy atom. The maximum atomic E-state index is 12.1. The molecule has 1 atom stereocenters. The minimum absolute atomic E-state index is 0.247. The number of hydrogen-bond donors (Lipinski definition) is 1. The first-order valence-corrected chi connectivity index (χ1v) is 7.07. The van der Waals surface area contributed by atoms with E-state index in [1.54, 1.807) is 0 Å². The highest BCUT2D eigenvalue weighted by Gasteiger charge is 2.27. The number of rotatable bonds is 4. The normalized spacial score (nSPS) is 19.7. The van der Waals surface area contributed by atoms with Crippen molar-refractivity contribution in [1.29, 1.82) is 0 Å². The van der Waals surface area contributed by atoms with Gasteiger partial charge in [-0.1, -0.05) is 30.3 Å². The number of likely N-dealkylation sites (tertiary alicyclic amines) is 1. The molecule has 0 bridgehead atoms. The fourth-order valence-electron chi connectivity index (χ4n) is 2.57. The minimum atomic E-state index is -0.256. The number of nitrogens with two attached hydrogens (primary N) is 1. The van der Waals surface area contributed by atoms with Gasteiger partial charge in [-0.3, -0.25) is 4.79 Å². The van der Waals surface area contributed by atoms with Gasteiger partial charge in [0.25, 0.3) is 0 Å². The molecule has 0 aliphatic carbocycles. The molecule has 1 heterocycles. The van der Waals surface area contributed by atoms with Crippen molar-refractivity contribution in [3.05, 3.63) is 35.9 Å². The second kappa shape index (κ2) is 5.74. The van der Waals surface area contributed by atoms with Crippen molar-refractivity contribution >= 4 is 5.91 Å². The Labute approximate surface area is 115 Å². The van der Waals surface area contributed by atoms with Crippen LogP contribution < -0.4 is 5.73 Å². The quantitative estimate of drug-likeness (QED) is 0.904. The van der Waals surface area contributed by atoms with Crippen LogP contribution >= 0.6 is 0 Å². The number of nitrogens with zero attached hydrogens (tertiary/aromatic N) is 1. The maximum absolute atomic E-state index is 12.1. The number of hydrogen-bond acceptors (Lipinski definition) is 2. The second-order valence-corrected chi connectivity index (χ2v) is 6.22. The van der Waals surface area contributed by atoms with E-state index in [9.17, 15) is 4.79 Å². The van der Waals surface area contributed by atoms with Gasteiger partial charge in [0, 0.05) is 31.0 Å². The third kappa shape index (κ3) is 4.06. The zero-order valence-electron chi connectivity index (χ0n) is 11.9. The third-order valence-corrected chi connectivity index (χ3v) is 3.80. The molecule has 1 aromatic rings. The van der Waals surface area contributed by atoms with E-state index in [2.05, 4.69) is 24.3 Å². The SMILES string of the molecule is CC(C)(N)CCC(=O)N1CCC(c2ccccc2)C1. The fraction of sp³-hybridized carbons (Fsp3) is 0.562. The monoisotopic (exact) mass is 260 g/mol. The van der Waals surface area contributed by atoms with Crippen LogP contribution in [0, 0.1) is 0 Å². The summed E-state index contributed by atoms with van der Waals surface area (Å²) in [5.41, 5.74) is 7.02. The van der Waals surface area contributed by atoms with Gasteiger partial charge in [-0.25, -0.2) is 0 Å². The van der Waals surface area contributed by atoms with E-state index >= 15 is 0 Å². The Balaban J connectivity index is 1.86. The molecule has 1 saturated heterocycles. The molecule has 1 fully saturated rings. The van der Waals surface area contributed by atoms with E-state index in [4.69, 9.17) is 5.73 Å². The number of carbonyl (C=O) groups excluding carboxylic acids is 1. The summed E-state index contributed by atoms with van der Waals surface area (Å²) < 4.78 is 0. The molecule has 0 aromatic heterocycles. The zero-order valence-corrected chi connectivity index (χ0v) is 11.9. The molecular formula is C16H24N2O. The van der Waals surface area contributed by atoms with Crippen LogP contribution in [0.15, 0.2) is 30.3 Å². The summed E-state index contributed by atoms with van der Waals surface area (Å²) in [6, 6.07) is 10.5. The Bertz CT molecular complexity index is 422. The van der Waals surface area contributed by atoms with Crippen molar-refractivity contribution in [2.24, 2.45) is 5.73 Å². The van der Waals surface area contributed by atoms with E-state index < -0.39 is 0 Å². The van der Waals surface area contributed by atoms with Crippen molar-refractivity contribution in [3.8, 4) is 0 Å². The van der Waals surface area contributed by atoms with Crippen LogP contribution in [0.3, 0.4) is 0 Å². The molecule has 3 heteroatoms. The van der Waals surface area contributed by atoms with E-state index in [1.807, 2.05) is 24.8 Å². The molecule has 0 saturated carbocycles. The highest BCUT2D eigenvalue weighted by molar-refractivity contribution is 5.76. The summed E-state index contributed by atoms with van der Waals surface area (Å²) in [6.07, 6.45) is 2.38. The van der Waals surface area contributed by atoms with Crippen LogP contribution in [0.25, 0.3) is 0 Å². The lowest BCUT2D eigenvalue weighted by Crippen LogP contribution is -2.35. The smallest absolute Gasteiger partial charge is 0.222 e. The van der Waals surface area contributed by atoms with Crippen molar-refractivity contribution in [2.45, 2.75) is 44.6 Å². The average molecular weight is 260 g/mol. The second-order valence-electron chi connectivity index (χ2n) is 6.22. The van der Waals surface area contributed by atoms with E-state index in [-0.39, 0.29) is 11.4 Å². The van der Waals surface area contributed by atoms with Crippen molar-refractivity contribution in [1.82, 2.24) is 4.90 Å². The topological polar surface area (TPSA) is 46.3 Å². The molecule has 2 N–H and O–H groups in total. The highest BCUT2D eigenvalue weighted by atomic mass is 16.2. The lowest BCUT2D eigenvalue weighted by atomic mass is 9.98. The lowest BCUT2D eigenvalue weighted by Gasteiger charge is -2.21. The lowest BCUT2D eigenvalue weighted by molar-refractivity contribution is -0.130. The Morgan fingerprint density at radius 2 is 2.05 bits per heavy atom. The molecule has 2 rings (SSSR count). The summed E-state index contributed by atoms with van der Waals surface area (Å²) in [4.78, 5) is 14.1. The summed E-state index contributed by atoms with van der Waals surface area (Å²) >= 11 is 0. The van der Waals surface area contributed by atoms with Crippen LogP contribution in [0.2, 0.25) is 0 Å². The standard InChI is InChI=1S/C16H24N2O/c1-16(2,17)10-8-15(19)18-11-9-14(12-18)13-6-4-3-5-7-13/h3-7,14H,8-12,17H2,1-2H3. The van der Waals surface area contributed by atoms with Crippen LogP contribution in [0.4, 0.5) is 0 Å². The third-order valence-electron chi connectivity index (χ3n) is 3.80. The molecule has 0 spiro atoms. The van der Waals surface area contributed by atoms with Crippen molar-refractivity contribution in [3.63, 3.8) is 0 Å². The maximum Gasteiger partial charge on any atom is 0.222 e. The van der Waals surface area contributed by atoms with E-state index in [1.165, 1.54) is 5.56 Å². The molecule has 3 nitrogen and oxygen atoms in total. The highest BCUT2D eigenvalue weighted by Crippen LogP contribution is 2.27. The van der Waals surface area contributed by atoms with Gasteiger partial charge in [-0.15, -0.1) is 0 Å². The van der Waals surface area contributed by atoms with Crippen LogP contribution in [0.1, 0.15) is 44.6 Å². The van der Waals surface area contributed by atoms with Gasteiger partial charge in [0.1, 0.15) is 0 Å². The first-order valence-electron chi connectivity index (χ1n) is 7.07. The fourth-order valence-corrected chi connectivity index (χ4v) is 2.57. The Hall–Kier alpha value is -1.35. The summed E-state index contributed by atoms with van der Waals surface area (Å²) in [5, 5.41) is 0. The molecule has 1 aliphatic rings. The summed E-state index contributed by atoms with van der Waals surface area (Å²) in [5.74, 6) is 0.744. The summed E-state index contributed by atoms with van der Waals surface area (Å²) in [7, 11) is 0. The van der Waals surface area contributed by atoms with Crippen LogP contribution in [0.5, 0.6) is 0 Å². The predicted octanol–water partition coefficient (Wildman–Crippen LogP) is 2.52. The van der Waals surface area contributed by atoms with Gasteiger partial charge in [0.2, 0.25) is 5.91 Å². The molecule has 1 unspecified atom stereocenters. The van der Waals surface area contributed by atoms with Gasteiger partial charge < -0.3 is 10.6 Å². The van der Waals surface area contributed by atoms with E-state index in [0.29, 0.717) is 12.3 Å². The van der Waals surface area contributed by atoms with Crippen molar-refractivity contribution in [2.75, 3.05) is 13.1 Å². The van der Waals surface area contributed by atoms with Gasteiger partial charge in [0.15, 0.2) is 0 Å². The predicted molar refractivity (Wildman–Crippen MR) is 77.9 cm³/mol. The molecular weight excluding hydrogens is 236 g/mol. The summed E-state index contributed by atoms with van der Waals surface area (Å²) in [6.45, 7) is 5.67. The van der Waals surface area contributed by atoms with Gasteiger partial charge in [-0.05, 0) is 32.3 Å². The molecule has 19 heavy (non-hydrogen) atoms. The van der Waals surface area contributed by atoms with Crippen LogP contribution in [-0.4, -0.2) is 29.4 Å².